The number of benzene rings is 3. The van der Waals surface area contributed by atoms with Gasteiger partial charge in [-0.15, -0.1) is 0 Å². The zero-order chi connectivity index (χ0) is 25.3. The van der Waals surface area contributed by atoms with Gasteiger partial charge in [-0.1, -0.05) is 102 Å². The normalized spacial score (nSPS) is 14.7. The molecule has 0 aliphatic heterocycles. The Morgan fingerprint density at radius 1 is 0.917 bits per heavy atom. The second-order valence-corrected chi connectivity index (χ2v) is 10.7. The van der Waals surface area contributed by atoms with Crippen molar-refractivity contribution >= 4 is 27.7 Å². The molecule has 0 spiro atoms. The molecule has 0 saturated heterocycles. The van der Waals surface area contributed by atoms with E-state index in [-0.39, 0.29) is 24.3 Å². The highest BCUT2D eigenvalue weighted by atomic mass is 79.9. The summed E-state index contributed by atoms with van der Waals surface area (Å²) in [6.45, 7) is 2.40. The van der Waals surface area contributed by atoms with Gasteiger partial charge in [-0.3, -0.25) is 9.59 Å². The lowest BCUT2D eigenvalue weighted by Crippen LogP contribution is -2.53. The number of aryl methyl sites for hydroxylation is 1. The first kappa shape index (κ1) is 26.2. The Morgan fingerprint density at radius 3 is 2.33 bits per heavy atom. The molecule has 0 bridgehead atoms. The first-order chi connectivity index (χ1) is 17.5. The fraction of sp³-hybridized carbons (Fsp3) is 0.355. The maximum atomic E-state index is 13.9. The Hall–Kier alpha value is -2.92. The van der Waals surface area contributed by atoms with Crippen LogP contribution in [0.5, 0.6) is 0 Å². The van der Waals surface area contributed by atoms with Crippen LogP contribution in [0.15, 0.2) is 83.3 Å². The van der Waals surface area contributed by atoms with Crippen LogP contribution in [0.3, 0.4) is 0 Å². The standard InChI is InChI=1S/C31H35BrN2O2/c1-23-11-8-9-15-26(23)21-30(35)34(22-25-14-10-16-27(32)19-25)29(20-24-12-4-2-5-13-24)31(36)33-28-17-6-3-7-18-28/h2,4-5,8-16,19,28-29H,3,6-7,17-18,20-22H2,1H3,(H,33,36). The van der Waals surface area contributed by atoms with Crippen LogP contribution in [-0.4, -0.2) is 28.8 Å². The summed E-state index contributed by atoms with van der Waals surface area (Å²) in [5.74, 6) is -0.0946. The van der Waals surface area contributed by atoms with Crippen molar-refractivity contribution in [3.8, 4) is 0 Å². The molecule has 0 aromatic heterocycles. The van der Waals surface area contributed by atoms with E-state index in [4.69, 9.17) is 0 Å². The Kier molecular flexibility index (Phi) is 9.35. The molecule has 0 heterocycles. The molecule has 1 aliphatic carbocycles. The summed E-state index contributed by atoms with van der Waals surface area (Å²) < 4.78 is 0.956. The Morgan fingerprint density at radius 2 is 1.61 bits per heavy atom. The fourth-order valence-corrected chi connectivity index (χ4v) is 5.45. The van der Waals surface area contributed by atoms with E-state index in [9.17, 15) is 9.59 Å². The largest absolute Gasteiger partial charge is 0.352 e. The van der Waals surface area contributed by atoms with Crippen molar-refractivity contribution in [1.29, 1.82) is 0 Å². The summed E-state index contributed by atoms with van der Waals surface area (Å²) in [6.07, 6.45) is 6.27. The number of carbonyl (C=O) groups is 2. The number of hydrogen-bond acceptors (Lipinski definition) is 2. The van der Waals surface area contributed by atoms with Crippen LogP contribution in [0, 0.1) is 6.92 Å². The smallest absolute Gasteiger partial charge is 0.243 e. The van der Waals surface area contributed by atoms with E-state index in [1.807, 2.05) is 85.8 Å². The first-order valence-corrected chi connectivity index (χ1v) is 13.7. The summed E-state index contributed by atoms with van der Waals surface area (Å²) in [4.78, 5) is 29.5. The Balaban J connectivity index is 1.66. The summed E-state index contributed by atoms with van der Waals surface area (Å²) in [5, 5.41) is 3.30. The highest BCUT2D eigenvalue weighted by molar-refractivity contribution is 9.10. The highest BCUT2D eigenvalue weighted by Crippen LogP contribution is 2.22. The molecule has 36 heavy (non-hydrogen) atoms. The van der Waals surface area contributed by atoms with E-state index in [0.29, 0.717) is 13.0 Å². The lowest BCUT2D eigenvalue weighted by Gasteiger charge is -2.33. The van der Waals surface area contributed by atoms with E-state index in [1.165, 1.54) is 6.42 Å². The average Bonchev–Trinajstić information content (AvgIpc) is 2.88. The summed E-state index contributed by atoms with van der Waals surface area (Å²) in [6, 6.07) is 25.5. The second kappa shape index (κ2) is 12.9. The van der Waals surface area contributed by atoms with Crippen molar-refractivity contribution in [2.45, 2.75) is 70.5 Å². The van der Waals surface area contributed by atoms with Crippen molar-refractivity contribution in [2.75, 3.05) is 0 Å². The van der Waals surface area contributed by atoms with E-state index in [1.54, 1.807) is 4.90 Å². The van der Waals surface area contributed by atoms with Gasteiger partial charge in [0.1, 0.15) is 6.04 Å². The van der Waals surface area contributed by atoms with Gasteiger partial charge in [0.15, 0.2) is 0 Å². The van der Waals surface area contributed by atoms with Gasteiger partial charge in [-0.05, 0) is 54.2 Å². The van der Waals surface area contributed by atoms with Crippen molar-refractivity contribution in [1.82, 2.24) is 10.2 Å². The number of rotatable bonds is 9. The topological polar surface area (TPSA) is 49.4 Å². The molecule has 1 aliphatic rings. The second-order valence-electron chi connectivity index (χ2n) is 9.80. The molecular weight excluding hydrogens is 512 g/mol. The van der Waals surface area contributed by atoms with Crippen LogP contribution in [-0.2, 0) is 29.0 Å². The predicted molar refractivity (Wildman–Crippen MR) is 149 cm³/mol. The molecule has 4 rings (SSSR count). The zero-order valence-electron chi connectivity index (χ0n) is 21.0. The first-order valence-electron chi connectivity index (χ1n) is 12.9. The summed E-state index contributed by atoms with van der Waals surface area (Å²) in [7, 11) is 0. The van der Waals surface area contributed by atoms with Crippen LogP contribution < -0.4 is 5.32 Å². The van der Waals surface area contributed by atoms with Crippen molar-refractivity contribution in [2.24, 2.45) is 0 Å². The number of hydrogen-bond donors (Lipinski definition) is 1. The van der Waals surface area contributed by atoms with E-state index in [2.05, 4.69) is 21.2 Å². The number of carbonyl (C=O) groups excluding carboxylic acids is 2. The monoisotopic (exact) mass is 546 g/mol. The van der Waals surface area contributed by atoms with Crippen molar-refractivity contribution < 1.29 is 9.59 Å². The quantitative estimate of drug-likeness (QED) is 0.338. The molecule has 5 heteroatoms. The lowest BCUT2D eigenvalue weighted by atomic mass is 9.94. The van der Waals surface area contributed by atoms with Gasteiger partial charge in [0.25, 0.3) is 0 Å². The molecule has 3 aromatic carbocycles. The van der Waals surface area contributed by atoms with E-state index >= 15 is 0 Å². The Labute approximate surface area is 223 Å². The third-order valence-corrected chi connectivity index (χ3v) is 7.56. The molecule has 3 aromatic rings. The molecule has 188 valence electrons. The van der Waals surface area contributed by atoms with Gasteiger partial charge in [0.2, 0.25) is 11.8 Å². The molecule has 1 saturated carbocycles. The number of amides is 2. The van der Waals surface area contributed by atoms with Crippen LogP contribution >= 0.6 is 15.9 Å². The van der Waals surface area contributed by atoms with Crippen LogP contribution in [0.4, 0.5) is 0 Å². The van der Waals surface area contributed by atoms with Gasteiger partial charge in [0.05, 0.1) is 6.42 Å². The molecule has 1 N–H and O–H groups in total. The average molecular weight is 548 g/mol. The predicted octanol–water partition coefficient (Wildman–Crippen LogP) is 6.39. The molecule has 4 nitrogen and oxygen atoms in total. The van der Waals surface area contributed by atoms with E-state index < -0.39 is 6.04 Å². The van der Waals surface area contributed by atoms with Gasteiger partial charge in [0, 0.05) is 23.5 Å². The third kappa shape index (κ3) is 7.30. The van der Waals surface area contributed by atoms with Crippen LogP contribution in [0.25, 0.3) is 0 Å². The minimum atomic E-state index is -0.593. The minimum absolute atomic E-state index is 0.0380. The lowest BCUT2D eigenvalue weighted by molar-refractivity contribution is -0.141. The van der Waals surface area contributed by atoms with Crippen molar-refractivity contribution in [3.05, 3.63) is 106 Å². The fourth-order valence-electron chi connectivity index (χ4n) is 5.00. The van der Waals surface area contributed by atoms with Crippen LogP contribution in [0.2, 0.25) is 0 Å². The van der Waals surface area contributed by atoms with Gasteiger partial charge < -0.3 is 10.2 Å². The number of halogens is 1. The zero-order valence-corrected chi connectivity index (χ0v) is 22.5. The van der Waals surface area contributed by atoms with Crippen molar-refractivity contribution in [3.63, 3.8) is 0 Å². The van der Waals surface area contributed by atoms with E-state index in [0.717, 1.165) is 52.4 Å². The molecule has 2 amide bonds. The van der Waals surface area contributed by atoms with Gasteiger partial charge >= 0.3 is 0 Å². The SMILES string of the molecule is Cc1ccccc1CC(=O)N(Cc1cccc(Br)c1)C(Cc1ccccc1)C(=O)NC1CCCCC1. The minimum Gasteiger partial charge on any atom is -0.352 e. The molecule has 1 unspecified atom stereocenters. The Bertz CT molecular complexity index is 1160. The maximum absolute atomic E-state index is 13.9. The van der Waals surface area contributed by atoms with Crippen LogP contribution in [0.1, 0.15) is 54.4 Å². The number of nitrogens with one attached hydrogen (secondary N) is 1. The molecular formula is C31H35BrN2O2. The van der Waals surface area contributed by atoms with Gasteiger partial charge in [-0.25, -0.2) is 0 Å². The summed E-state index contributed by atoms with van der Waals surface area (Å²) in [5.41, 5.74) is 4.11. The molecule has 0 radical (unpaired) electrons. The molecule has 1 atom stereocenters. The third-order valence-electron chi connectivity index (χ3n) is 7.07. The van der Waals surface area contributed by atoms with Gasteiger partial charge in [-0.2, -0.15) is 0 Å². The highest BCUT2D eigenvalue weighted by Gasteiger charge is 2.32. The maximum Gasteiger partial charge on any atom is 0.243 e. The molecule has 1 fully saturated rings. The summed E-state index contributed by atoms with van der Waals surface area (Å²) >= 11 is 3.56. The number of nitrogens with zero attached hydrogens (tertiary/aromatic N) is 1.